The van der Waals surface area contributed by atoms with Gasteiger partial charge in [0.05, 0.1) is 13.2 Å². The molecular formula is C16H20N2O4. The Bertz CT molecular complexity index is 553. The van der Waals surface area contributed by atoms with E-state index >= 15 is 0 Å². The minimum absolute atomic E-state index is 0.0119. The summed E-state index contributed by atoms with van der Waals surface area (Å²) in [5.74, 6) is -0.526. The SMILES string of the molecule is C=CC(=O)N(CC)CC(=O)Nc1cccc(C2OCCO2)c1. The number of nitrogens with one attached hydrogen (secondary N) is 1. The largest absolute Gasteiger partial charge is 0.346 e. The van der Waals surface area contributed by atoms with Gasteiger partial charge in [0.15, 0.2) is 6.29 Å². The van der Waals surface area contributed by atoms with E-state index in [1.54, 1.807) is 12.1 Å². The fourth-order valence-corrected chi connectivity index (χ4v) is 2.16. The van der Waals surface area contributed by atoms with Crippen LogP contribution in [0.5, 0.6) is 0 Å². The molecule has 6 heteroatoms. The van der Waals surface area contributed by atoms with Crippen molar-refractivity contribution < 1.29 is 19.1 Å². The van der Waals surface area contributed by atoms with Crippen LogP contribution in [-0.4, -0.2) is 43.0 Å². The first-order valence-electron chi connectivity index (χ1n) is 7.18. The molecule has 0 aromatic heterocycles. The molecule has 1 aliphatic rings. The zero-order chi connectivity index (χ0) is 15.9. The summed E-state index contributed by atoms with van der Waals surface area (Å²) in [5.41, 5.74) is 1.49. The molecule has 1 aromatic carbocycles. The van der Waals surface area contributed by atoms with Gasteiger partial charge in [0.25, 0.3) is 0 Å². The van der Waals surface area contributed by atoms with Crippen LogP contribution in [0.25, 0.3) is 0 Å². The molecule has 0 unspecified atom stereocenters. The smallest absolute Gasteiger partial charge is 0.246 e. The second kappa shape index (κ2) is 7.72. The minimum Gasteiger partial charge on any atom is -0.346 e. The maximum Gasteiger partial charge on any atom is 0.246 e. The van der Waals surface area contributed by atoms with E-state index in [9.17, 15) is 9.59 Å². The highest BCUT2D eigenvalue weighted by atomic mass is 16.7. The van der Waals surface area contributed by atoms with E-state index in [1.165, 1.54) is 11.0 Å². The Morgan fingerprint density at radius 3 is 2.77 bits per heavy atom. The number of ether oxygens (including phenoxy) is 2. The highest BCUT2D eigenvalue weighted by molar-refractivity contribution is 5.96. The number of carbonyl (C=O) groups excluding carboxylic acids is 2. The molecule has 2 amide bonds. The van der Waals surface area contributed by atoms with Crippen LogP contribution < -0.4 is 5.32 Å². The first kappa shape index (κ1) is 16.2. The van der Waals surface area contributed by atoms with Crippen LogP contribution in [0.2, 0.25) is 0 Å². The average Bonchev–Trinajstić information content (AvgIpc) is 3.06. The van der Waals surface area contributed by atoms with Gasteiger partial charge in [0.2, 0.25) is 11.8 Å². The third kappa shape index (κ3) is 4.16. The number of amides is 2. The Labute approximate surface area is 129 Å². The first-order chi connectivity index (χ1) is 10.6. The molecule has 6 nitrogen and oxygen atoms in total. The second-order valence-corrected chi connectivity index (χ2v) is 4.80. The Balaban J connectivity index is 1.97. The number of anilines is 1. The molecule has 0 bridgehead atoms. The summed E-state index contributed by atoms with van der Waals surface area (Å²) < 4.78 is 10.9. The van der Waals surface area contributed by atoms with Crippen molar-refractivity contribution in [3.8, 4) is 0 Å². The lowest BCUT2D eigenvalue weighted by molar-refractivity contribution is -0.130. The van der Waals surface area contributed by atoms with Crippen molar-refractivity contribution in [3.63, 3.8) is 0 Å². The highest BCUT2D eigenvalue weighted by Crippen LogP contribution is 2.25. The number of benzene rings is 1. The van der Waals surface area contributed by atoms with Crippen LogP contribution in [0.4, 0.5) is 5.69 Å². The zero-order valence-corrected chi connectivity index (χ0v) is 12.6. The number of likely N-dealkylation sites (N-methyl/N-ethyl adjacent to an activating group) is 1. The van der Waals surface area contributed by atoms with Crippen molar-refractivity contribution in [2.75, 3.05) is 31.6 Å². The van der Waals surface area contributed by atoms with Crippen LogP contribution in [-0.2, 0) is 19.1 Å². The molecule has 1 fully saturated rings. The van der Waals surface area contributed by atoms with Crippen LogP contribution in [0, 0.1) is 0 Å². The van der Waals surface area contributed by atoms with Crippen molar-refractivity contribution in [1.29, 1.82) is 0 Å². The van der Waals surface area contributed by atoms with Crippen molar-refractivity contribution in [2.24, 2.45) is 0 Å². The number of hydrogen-bond acceptors (Lipinski definition) is 4. The Hall–Kier alpha value is -2.18. The quantitative estimate of drug-likeness (QED) is 0.812. The first-order valence-corrected chi connectivity index (χ1v) is 7.18. The van der Waals surface area contributed by atoms with Gasteiger partial charge in [-0.05, 0) is 25.1 Å². The van der Waals surface area contributed by atoms with Gasteiger partial charge in [-0.1, -0.05) is 18.7 Å². The van der Waals surface area contributed by atoms with E-state index in [0.29, 0.717) is 25.4 Å². The molecule has 22 heavy (non-hydrogen) atoms. The molecule has 0 aliphatic carbocycles. The molecule has 2 rings (SSSR count). The highest BCUT2D eigenvalue weighted by Gasteiger charge is 2.19. The lowest BCUT2D eigenvalue weighted by Crippen LogP contribution is -2.36. The van der Waals surface area contributed by atoms with Crippen LogP contribution in [0.3, 0.4) is 0 Å². The topological polar surface area (TPSA) is 67.9 Å². The summed E-state index contributed by atoms with van der Waals surface area (Å²) in [7, 11) is 0. The fraction of sp³-hybridized carbons (Fsp3) is 0.375. The summed E-state index contributed by atoms with van der Waals surface area (Å²) in [6.45, 7) is 6.80. The molecule has 0 saturated carbocycles. The molecule has 1 heterocycles. The minimum atomic E-state index is -0.383. The molecule has 0 spiro atoms. The monoisotopic (exact) mass is 304 g/mol. The third-order valence-corrected chi connectivity index (χ3v) is 3.27. The predicted molar refractivity (Wildman–Crippen MR) is 82.2 cm³/mol. The lowest BCUT2D eigenvalue weighted by Gasteiger charge is -2.18. The number of hydrogen-bond donors (Lipinski definition) is 1. The molecule has 118 valence electrons. The van der Waals surface area contributed by atoms with E-state index in [2.05, 4.69) is 11.9 Å². The van der Waals surface area contributed by atoms with Gasteiger partial charge >= 0.3 is 0 Å². The van der Waals surface area contributed by atoms with Crippen molar-refractivity contribution in [2.45, 2.75) is 13.2 Å². The van der Waals surface area contributed by atoms with Gasteiger partial charge in [-0.2, -0.15) is 0 Å². The van der Waals surface area contributed by atoms with Gasteiger partial charge in [-0.3, -0.25) is 9.59 Å². The van der Waals surface area contributed by atoms with Gasteiger partial charge in [-0.15, -0.1) is 0 Å². The fourth-order valence-electron chi connectivity index (χ4n) is 2.16. The Morgan fingerprint density at radius 2 is 2.14 bits per heavy atom. The predicted octanol–water partition coefficient (Wildman–Crippen LogP) is 1.70. The number of carbonyl (C=O) groups is 2. The number of rotatable bonds is 6. The normalized spacial score (nSPS) is 14.6. The maximum atomic E-state index is 12.0. The van der Waals surface area contributed by atoms with Crippen LogP contribution in [0.15, 0.2) is 36.9 Å². The summed E-state index contributed by atoms with van der Waals surface area (Å²) in [6.07, 6.45) is 0.818. The molecule has 0 atom stereocenters. The summed E-state index contributed by atoms with van der Waals surface area (Å²) in [5, 5.41) is 2.77. The van der Waals surface area contributed by atoms with Crippen molar-refractivity contribution in [3.05, 3.63) is 42.5 Å². The third-order valence-electron chi connectivity index (χ3n) is 3.27. The van der Waals surface area contributed by atoms with Crippen molar-refractivity contribution in [1.82, 2.24) is 4.90 Å². The van der Waals surface area contributed by atoms with E-state index in [0.717, 1.165) is 5.56 Å². The molecule has 1 N–H and O–H groups in total. The molecule has 1 aliphatic heterocycles. The van der Waals surface area contributed by atoms with Crippen LogP contribution >= 0.6 is 0 Å². The summed E-state index contributed by atoms with van der Waals surface area (Å²) >= 11 is 0. The average molecular weight is 304 g/mol. The van der Waals surface area contributed by atoms with Crippen LogP contribution in [0.1, 0.15) is 18.8 Å². The van der Waals surface area contributed by atoms with Crippen molar-refractivity contribution >= 4 is 17.5 Å². The van der Waals surface area contributed by atoms with Gasteiger partial charge in [-0.25, -0.2) is 0 Å². The van der Waals surface area contributed by atoms with E-state index < -0.39 is 0 Å². The zero-order valence-electron chi connectivity index (χ0n) is 12.6. The lowest BCUT2D eigenvalue weighted by atomic mass is 10.2. The standard InChI is InChI=1S/C16H20N2O4/c1-3-15(20)18(4-2)11-14(19)17-13-7-5-6-12(10-13)16-21-8-9-22-16/h3,5-7,10,16H,1,4,8-9,11H2,2H3,(H,17,19). The van der Waals surface area contributed by atoms with E-state index in [-0.39, 0.29) is 24.6 Å². The molecule has 1 aromatic rings. The summed E-state index contributed by atoms with van der Waals surface area (Å²) in [6, 6.07) is 7.29. The van der Waals surface area contributed by atoms with Gasteiger partial charge in [0, 0.05) is 17.8 Å². The number of nitrogens with zero attached hydrogens (tertiary/aromatic N) is 1. The maximum absolute atomic E-state index is 12.0. The summed E-state index contributed by atoms with van der Waals surface area (Å²) in [4.78, 5) is 25.0. The molecule has 0 radical (unpaired) electrons. The Morgan fingerprint density at radius 1 is 1.41 bits per heavy atom. The van der Waals surface area contributed by atoms with E-state index in [4.69, 9.17) is 9.47 Å². The van der Waals surface area contributed by atoms with E-state index in [1.807, 2.05) is 19.1 Å². The Kier molecular flexibility index (Phi) is 5.68. The van der Waals surface area contributed by atoms with Gasteiger partial charge in [0.1, 0.15) is 6.54 Å². The van der Waals surface area contributed by atoms with Gasteiger partial charge < -0.3 is 19.7 Å². The molecular weight excluding hydrogens is 284 g/mol. The second-order valence-electron chi connectivity index (χ2n) is 4.80. The molecule has 1 saturated heterocycles.